The van der Waals surface area contributed by atoms with Gasteiger partial charge >= 0.3 is 29.6 Å². The Labute approximate surface area is 167 Å². The van der Waals surface area contributed by atoms with E-state index in [1.807, 2.05) is 0 Å². The Kier molecular flexibility index (Phi) is 6.81. The van der Waals surface area contributed by atoms with E-state index < -0.39 is 35.7 Å². The summed E-state index contributed by atoms with van der Waals surface area (Å²) in [5.41, 5.74) is 11.5. The molecular formula is C14H15N2NaO6S2. The van der Waals surface area contributed by atoms with Gasteiger partial charge in [0.2, 0.25) is 0 Å². The van der Waals surface area contributed by atoms with E-state index >= 15 is 0 Å². The van der Waals surface area contributed by atoms with Gasteiger partial charge in [0.15, 0.2) is 0 Å². The Morgan fingerprint density at radius 3 is 1.76 bits per heavy atom. The predicted octanol–water partition coefficient (Wildman–Crippen LogP) is 0.866. The van der Waals surface area contributed by atoms with Gasteiger partial charge in [0.25, 0.3) is 20.2 Å². The van der Waals surface area contributed by atoms with Crippen molar-refractivity contribution in [3.63, 3.8) is 0 Å². The van der Waals surface area contributed by atoms with Crippen LogP contribution in [0.5, 0.6) is 0 Å². The molecule has 0 aliphatic rings. The Morgan fingerprint density at radius 2 is 1.28 bits per heavy atom. The number of hydrogen-bond acceptors (Lipinski definition) is 6. The fourth-order valence-corrected chi connectivity index (χ4v) is 4.19. The van der Waals surface area contributed by atoms with Gasteiger partial charge in [-0.05, 0) is 29.3 Å². The van der Waals surface area contributed by atoms with Gasteiger partial charge in [0.1, 0.15) is 9.79 Å². The molecule has 0 amide bonds. The first-order valence-corrected chi connectivity index (χ1v) is 9.29. The van der Waals surface area contributed by atoms with Crippen LogP contribution in [0.25, 0.3) is 12.2 Å². The Bertz CT molecular complexity index is 1020. The van der Waals surface area contributed by atoms with Crippen molar-refractivity contribution in [1.82, 2.24) is 0 Å². The van der Waals surface area contributed by atoms with Crippen LogP contribution in [0, 0.1) is 0 Å². The summed E-state index contributed by atoms with van der Waals surface area (Å²) in [6.45, 7) is 0. The van der Waals surface area contributed by atoms with Crippen LogP contribution in [-0.4, -0.2) is 55.5 Å². The SMILES string of the molecule is Nc1ccc(C=Cc2ccc(N)c(S(=O)(=O)O)c2S(=O)(=O)O)cc1.[NaH]. The van der Waals surface area contributed by atoms with Crippen LogP contribution in [0.4, 0.5) is 11.4 Å². The third-order valence-electron chi connectivity index (χ3n) is 3.08. The van der Waals surface area contributed by atoms with Gasteiger partial charge in [-0.15, -0.1) is 0 Å². The van der Waals surface area contributed by atoms with E-state index in [4.69, 9.17) is 11.5 Å². The van der Waals surface area contributed by atoms with Crippen LogP contribution in [-0.2, 0) is 20.2 Å². The number of nitrogens with two attached hydrogens (primary N) is 2. The van der Waals surface area contributed by atoms with Crippen LogP contribution in [0.3, 0.4) is 0 Å². The van der Waals surface area contributed by atoms with E-state index in [1.54, 1.807) is 24.3 Å². The van der Waals surface area contributed by atoms with Crippen LogP contribution < -0.4 is 11.5 Å². The summed E-state index contributed by atoms with van der Waals surface area (Å²) in [7, 11) is -9.94. The topological polar surface area (TPSA) is 161 Å². The summed E-state index contributed by atoms with van der Waals surface area (Å²) in [4.78, 5) is -2.05. The van der Waals surface area contributed by atoms with Crippen LogP contribution in [0.2, 0.25) is 0 Å². The molecule has 130 valence electrons. The summed E-state index contributed by atoms with van der Waals surface area (Å²) >= 11 is 0. The van der Waals surface area contributed by atoms with E-state index in [9.17, 15) is 25.9 Å². The van der Waals surface area contributed by atoms with Gasteiger partial charge in [-0.2, -0.15) is 16.8 Å². The summed E-state index contributed by atoms with van der Waals surface area (Å²) in [6.07, 6.45) is 2.75. The van der Waals surface area contributed by atoms with E-state index in [0.717, 1.165) is 6.07 Å². The molecule has 25 heavy (non-hydrogen) atoms. The fraction of sp³-hybridized carbons (Fsp3) is 0. The minimum absolute atomic E-state index is 0. The van der Waals surface area contributed by atoms with Crippen molar-refractivity contribution >= 4 is 73.3 Å². The molecule has 0 aromatic heterocycles. The van der Waals surface area contributed by atoms with Crippen molar-refractivity contribution in [3.8, 4) is 0 Å². The second-order valence-electron chi connectivity index (χ2n) is 4.85. The average molecular weight is 394 g/mol. The maximum absolute atomic E-state index is 11.6. The number of nitrogen functional groups attached to an aromatic ring is 2. The molecule has 0 saturated carbocycles. The van der Waals surface area contributed by atoms with Crippen molar-refractivity contribution < 1.29 is 25.9 Å². The molecule has 0 aliphatic heterocycles. The molecule has 0 fully saturated rings. The molecule has 0 radical (unpaired) electrons. The molecule has 11 heteroatoms. The normalized spacial score (nSPS) is 12.1. The molecule has 0 heterocycles. The molecule has 0 aliphatic carbocycles. The van der Waals surface area contributed by atoms with Crippen molar-refractivity contribution in [2.75, 3.05) is 11.5 Å². The van der Waals surface area contributed by atoms with Crippen LogP contribution in [0.15, 0.2) is 46.2 Å². The molecular weight excluding hydrogens is 379 g/mol. The average Bonchev–Trinajstić information content (AvgIpc) is 2.45. The zero-order valence-electron chi connectivity index (χ0n) is 12.1. The van der Waals surface area contributed by atoms with Gasteiger partial charge in [-0.1, -0.05) is 30.4 Å². The monoisotopic (exact) mass is 394 g/mol. The third kappa shape index (κ3) is 5.28. The predicted molar refractivity (Wildman–Crippen MR) is 97.4 cm³/mol. The zero-order chi connectivity index (χ0) is 18.1. The van der Waals surface area contributed by atoms with Crippen molar-refractivity contribution in [3.05, 3.63) is 47.5 Å². The second kappa shape index (κ2) is 7.87. The quantitative estimate of drug-likeness (QED) is 0.257. The van der Waals surface area contributed by atoms with Gasteiger partial charge in [-0.3, -0.25) is 9.11 Å². The number of rotatable bonds is 4. The summed E-state index contributed by atoms with van der Waals surface area (Å²) in [5.74, 6) is 0. The van der Waals surface area contributed by atoms with E-state index in [1.165, 1.54) is 18.2 Å². The van der Waals surface area contributed by atoms with E-state index in [-0.39, 0.29) is 35.1 Å². The fourth-order valence-electron chi connectivity index (χ4n) is 2.05. The molecule has 0 bridgehead atoms. The zero-order valence-corrected chi connectivity index (χ0v) is 13.8. The molecule has 0 saturated heterocycles. The van der Waals surface area contributed by atoms with Gasteiger partial charge in [0.05, 0.1) is 5.69 Å². The van der Waals surface area contributed by atoms with Gasteiger partial charge in [0, 0.05) is 5.69 Å². The van der Waals surface area contributed by atoms with E-state index in [0.29, 0.717) is 11.3 Å². The number of hydrogen-bond donors (Lipinski definition) is 4. The molecule has 2 aromatic carbocycles. The summed E-state index contributed by atoms with van der Waals surface area (Å²) in [6, 6.07) is 8.87. The third-order valence-corrected chi connectivity index (χ3v) is 5.12. The first kappa shape index (κ1) is 21.6. The van der Waals surface area contributed by atoms with E-state index in [2.05, 4.69) is 0 Å². The molecule has 0 unspecified atom stereocenters. The summed E-state index contributed by atoms with van der Waals surface area (Å²) < 4.78 is 64.7. The van der Waals surface area contributed by atoms with Crippen molar-refractivity contribution in [2.45, 2.75) is 9.79 Å². The number of benzene rings is 2. The number of anilines is 2. The van der Waals surface area contributed by atoms with Crippen LogP contribution >= 0.6 is 0 Å². The summed E-state index contributed by atoms with van der Waals surface area (Å²) in [5, 5.41) is 0. The molecule has 0 atom stereocenters. The molecule has 2 aromatic rings. The van der Waals surface area contributed by atoms with Gasteiger partial charge in [-0.25, -0.2) is 0 Å². The Morgan fingerprint density at radius 1 is 0.760 bits per heavy atom. The first-order chi connectivity index (χ1) is 11.0. The Balaban J connectivity index is 0.00000312. The molecule has 8 nitrogen and oxygen atoms in total. The first-order valence-electron chi connectivity index (χ1n) is 6.41. The van der Waals surface area contributed by atoms with Crippen molar-refractivity contribution in [1.29, 1.82) is 0 Å². The second-order valence-corrected chi connectivity index (χ2v) is 7.57. The molecule has 0 spiro atoms. The Hall–Kier alpha value is -1.40. The minimum atomic E-state index is -4.97. The molecule has 2 rings (SSSR count). The standard InChI is InChI=1S/C14H14N2O6S2.Na.H/c15-11-6-2-9(3-7-11)1-4-10-5-8-12(16)14(24(20,21)22)13(10)23(17,18)19;;/h1-8H,15-16H2,(H,17,18,19)(H,20,21,22);;. The molecule has 6 N–H and O–H groups in total. The van der Waals surface area contributed by atoms with Gasteiger partial charge < -0.3 is 11.5 Å². The maximum atomic E-state index is 11.6. The van der Waals surface area contributed by atoms with Crippen molar-refractivity contribution in [2.24, 2.45) is 0 Å². The van der Waals surface area contributed by atoms with Crippen LogP contribution in [0.1, 0.15) is 11.1 Å².